The zero-order chi connectivity index (χ0) is 17.4. The number of carbonyl (C=O) groups excluding carboxylic acids is 3. The number of carbonyl (C=O) groups is 3. The highest BCUT2D eigenvalue weighted by Crippen LogP contribution is 2.65. The van der Waals surface area contributed by atoms with Crippen LogP contribution < -0.4 is 5.32 Å². The molecule has 0 radical (unpaired) electrons. The number of hydrogen-bond acceptors (Lipinski definition) is 3. The van der Waals surface area contributed by atoms with Crippen LogP contribution >= 0.6 is 15.9 Å². The summed E-state index contributed by atoms with van der Waals surface area (Å²) in [5.74, 6) is 1.07. The topological polar surface area (TPSA) is 66.5 Å². The SMILES string of the molecule is O=C1C[C@@H](N(C(=O)CC23C[C@H]4C[C@@H](CC(Br)(C4)C2)C3)C2CC2)C(=O)N1. The summed E-state index contributed by atoms with van der Waals surface area (Å²) in [6, 6.07) is -0.402. The van der Waals surface area contributed by atoms with Crippen molar-refractivity contribution in [2.24, 2.45) is 17.3 Å². The summed E-state index contributed by atoms with van der Waals surface area (Å²) in [6.45, 7) is 0. The van der Waals surface area contributed by atoms with Crippen molar-refractivity contribution in [2.45, 2.75) is 80.6 Å². The molecule has 6 rings (SSSR count). The van der Waals surface area contributed by atoms with Crippen molar-refractivity contribution < 1.29 is 14.4 Å². The van der Waals surface area contributed by atoms with E-state index >= 15 is 0 Å². The number of alkyl halides is 1. The molecule has 0 aromatic rings. The maximum Gasteiger partial charge on any atom is 0.249 e. The molecule has 6 fully saturated rings. The van der Waals surface area contributed by atoms with Gasteiger partial charge in [0.15, 0.2) is 0 Å². The first-order valence-corrected chi connectivity index (χ1v) is 10.5. The fourth-order valence-corrected chi connectivity index (χ4v) is 8.21. The van der Waals surface area contributed by atoms with Gasteiger partial charge in [0.25, 0.3) is 0 Å². The van der Waals surface area contributed by atoms with Gasteiger partial charge in [0.05, 0.1) is 6.42 Å². The third-order valence-electron chi connectivity index (χ3n) is 7.15. The zero-order valence-electron chi connectivity index (χ0n) is 14.4. The molecule has 1 saturated heterocycles. The van der Waals surface area contributed by atoms with E-state index in [-0.39, 0.29) is 39.9 Å². The molecule has 0 spiro atoms. The summed E-state index contributed by atoms with van der Waals surface area (Å²) in [5.41, 5.74) is 0.108. The molecule has 0 aromatic heterocycles. The smallest absolute Gasteiger partial charge is 0.249 e. The lowest BCUT2D eigenvalue weighted by molar-refractivity contribution is -0.145. The average molecular weight is 409 g/mol. The van der Waals surface area contributed by atoms with Crippen molar-refractivity contribution in [3.63, 3.8) is 0 Å². The number of nitrogens with zero attached hydrogens (tertiary/aromatic N) is 1. The van der Waals surface area contributed by atoms with Crippen LogP contribution in [0.15, 0.2) is 0 Å². The minimum absolute atomic E-state index is 0.107. The second-order valence-corrected chi connectivity index (χ2v) is 11.1. The summed E-state index contributed by atoms with van der Waals surface area (Å²) >= 11 is 4.01. The molecule has 6 heteroatoms. The van der Waals surface area contributed by atoms with Gasteiger partial charge in [-0.1, -0.05) is 15.9 Å². The normalized spacial score (nSPS) is 44.9. The monoisotopic (exact) mass is 408 g/mol. The standard InChI is InChI=1S/C19H25BrN2O3/c20-19-7-11-3-12(8-19)6-18(5-11,10-19)9-16(24)22(13-1-2-13)14-4-15(23)21-17(14)25/h11-14H,1-10H2,(H,21,23,25)/t11-,12-,14-,18?,19?/m1/s1. The second kappa shape index (κ2) is 5.30. The summed E-state index contributed by atoms with van der Waals surface area (Å²) in [4.78, 5) is 38.8. The Labute approximate surface area is 156 Å². The first kappa shape index (κ1) is 16.3. The Bertz CT molecular complexity index is 645. The lowest BCUT2D eigenvalue weighted by Crippen LogP contribution is -2.55. The fraction of sp³-hybridized carbons (Fsp3) is 0.842. The van der Waals surface area contributed by atoms with Gasteiger partial charge in [0.2, 0.25) is 17.7 Å². The number of hydrogen-bond donors (Lipinski definition) is 1. The molecule has 0 aromatic carbocycles. The van der Waals surface area contributed by atoms with Gasteiger partial charge >= 0.3 is 0 Å². The van der Waals surface area contributed by atoms with Crippen molar-refractivity contribution >= 4 is 33.7 Å². The highest BCUT2D eigenvalue weighted by molar-refractivity contribution is 9.10. The molecular weight excluding hydrogens is 384 g/mol. The quantitative estimate of drug-likeness (QED) is 0.573. The molecule has 25 heavy (non-hydrogen) atoms. The molecule has 1 heterocycles. The van der Waals surface area contributed by atoms with Crippen LogP contribution in [0.4, 0.5) is 0 Å². The minimum atomic E-state index is -0.570. The average Bonchev–Trinajstić information content (AvgIpc) is 3.22. The number of amides is 3. The second-order valence-electron chi connectivity index (χ2n) is 9.45. The Hall–Kier alpha value is -0.910. The Morgan fingerprint density at radius 3 is 2.36 bits per heavy atom. The molecule has 1 N–H and O–H groups in total. The fourth-order valence-electron chi connectivity index (χ4n) is 6.70. The van der Waals surface area contributed by atoms with E-state index < -0.39 is 6.04 Å². The van der Waals surface area contributed by atoms with E-state index in [2.05, 4.69) is 21.2 Å². The number of imide groups is 1. The van der Waals surface area contributed by atoms with Gasteiger partial charge in [-0.2, -0.15) is 0 Å². The lowest BCUT2D eigenvalue weighted by Gasteiger charge is -2.60. The third-order valence-corrected chi connectivity index (χ3v) is 8.07. The molecule has 5 nitrogen and oxygen atoms in total. The van der Waals surface area contributed by atoms with E-state index in [1.165, 1.54) is 19.3 Å². The molecule has 4 bridgehead atoms. The van der Waals surface area contributed by atoms with E-state index in [1.54, 1.807) is 4.90 Å². The van der Waals surface area contributed by atoms with Crippen molar-refractivity contribution in [1.29, 1.82) is 0 Å². The van der Waals surface area contributed by atoms with Gasteiger partial charge in [-0.05, 0) is 68.6 Å². The molecular formula is C19H25BrN2O3. The summed E-state index contributed by atoms with van der Waals surface area (Å²) in [7, 11) is 0. The first-order valence-electron chi connectivity index (χ1n) is 9.69. The van der Waals surface area contributed by atoms with Crippen LogP contribution in [0.5, 0.6) is 0 Å². The predicted octanol–water partition coefficient (Wildman–Crippen LogP) is 2.52. The number of rotatable bonds is 4. The number of halogens is 1. The van der Waals surface area contributed by atoms with Gasteiger partial charge in [-0.3, -0.25) is 19.7 Å². The van der Waals surface area contributed by atoms with E-state index in [4.69, 9.17) is 0 Å². The molecule has 136 valence electrons. The Balaban J connectivity index is 1.37. The van der Waals surface area contributed by atoms with E-state index in [0.717, 1.165) is 43.9 Å². The molecule has 3 amide bonds. The van der Waals surface area contributed by atoms with Crippen molar-refractivity contribution in [3.8, 4) is 0 Å². The first-order chi connectivity index (χ1) is 11.8. The van der Waals surface area contributed by atoms with Crippen molar-refractivity contribution in [1.82, 2.24) is 10.2 Å². The maximum absolute atomic E-state index is 13.3. The van der Waals surface area contributed by atoms with Crippen LogP contribution in [0.25, 0.3) is 0 Å². The van der Waals surface area contributed by atoms with Crippen LogP contribution in [0, 0.1) is 17.3 Å². The minimum Gasteiger partial charge on any atom is -0.327 e. The summed E-state index contributed by atoms with van der Waals surface area (Å²) in [5, 5.41) is 2.37. The Morgan fingerprint density at radius 1 is 1.16 bits per heavy atom. The van der Waals surface area contributed by atoms with Gasteiger partial charge in [-0.25, -0.2) is 0 Å². The van der Waals surface area contributed by atoms with Crippen LogP contribution in [0.3, 0.4) is 0 Å². The van der Waals surface area contributed by atoms with Gasteiger partial charge in [-0.15, -0.1) is 0 Å². The third kappa shape index (κ3) is 2.75. The lowest BCUT2D eigenvalue weighted by atomic mass is 9.48. The molecule has 5 aliphatic carbocycles. The highest BCUT2D eigenvalue weighted by atomic mass is 79.9. The van der Waals surface area contributed by atoms with E-state index in [9.17, 15) is 14.4 Å². The van der Waals surface area contributed by atoms with Crippen LogP contribution in [-0.2, 0) is 14.4 Å². The van der Waals surface area contributed by atoms with Crippen LogP contribution in [0.1, 0.15) is 64.2 Å². The Kier molecular flexibility index (Phi) is 3.45. The van der Waals surface area contributed by atoms with Gasteiger partial charge in [0, 0.05) is 16.8 Å². The zero-order valence-corrected chi connectivity index (χ0v) is 16.0. The highest BCUT2D eigenvalue weighted by Gasteiger charge is 2.58. The Morgan fingerprint density at radius 2 is 1.84 bits per heavy atom. The largest absolute Gasteiger partial charge is 0.327 e. The predicted molar refractivity (Wildman–Crippen MR) is 94.8 cm³/mol. The summed E-state index contributed by atoms with van der Waals surface area (Å²) < 4.78 is 0.239. The molecule has 5 saturated carbocycles. The molecule has 6 aliphatic rings. The molecule has 0 unspecified atom stereocenters. The van der Waals surface area contributed by atoms with Crippen molar-refractivity contribution in [2.75, 3.05) is 0 Å². The maximum atomic E-state index is 13.3. The van der Waals surface area contributed by atoms with Gasteiger partial charge < -0.3 is 4.90 Å². The van der Waals surface area contributed by atoms with Crippen LogP contribution in [0.2, 0.25) is 0 Å². The van der Waals surface area contributed by atoms with E-state index in [1.807, 2.05) is 0 Å². The number of nitrogens with one attached hydrogen (secondary N) is 1. The molecule has 1 aliphatic heterocycles. The van der Waals surface area contributed by atoms with Crippen molar-refractivity contribution in [3.05, 3.63) is 0 Å². The van der Waals surface area contributed by atoms with Crippen LogP contribution in [-0.4, -0.2) is 39.0 Å². The molecule has 3 atom stereocenters. The van der Waals surface area contributed by atoms with E-state index in [0.29, 0.717) is 6.42 Å². The summed E-state index contributed by atoms with van der Waals surface area (Å²) in [6.07, 6.45) is 9.88. The van der Waals surface area contributed by atoms with Gasteiger partial charge in [0.1, 0.15) is 6.04 Å².